The number of hydrogen-bond donors (Lipinski definition) is 2. The maximum atomic E-state index is 10.7. The number of rotatable bonds is 5. The van der Waals surface area contributed by atoms with Crippen LogP contribution in [0.1, 0.15) is 26.7 Å². The minimum atomic E-state index is -0.891. The molecule has 4 N–H and O–H groups in total. The molecule has 0 aliphatic carbocycles. The van der Waals surface area contributed by atoms with Crippen molar-refractivity contribution in [2.45, 2.75) is 32.8 Å². The summed E-state index contributed by atoms with van der Waals surface area (Å²) in [7, 11) is 1.51. The van der Waals surface area contributed by atoms with Crippen molar-refractivity contribution in [3.8, 4) is 0 Å². The van der Waals surface area contributed by atoms with E-state index in [0.717, 1.165) is 12.8 Å². The van der Waals surface area contributed by atoms with Gasteiger partial charge in [-0.05, 0) is 13.3 Å². The van der Waals surface area contributed by atoms with Crippen LogP contribution in [0.4, 0.5) is 0 Å². The molecule has 1 atom stereocenters. The van der Waals surface area contributed by atoms with E-state index < -0.39 is 5.97 Å². The monoisotopic (exact) mass is 189 g/mol. The molecule has 4 heteroatoms. The van der Waals surface area contributed by atoms with Crippen molar-refractivity contribution >= 4 is 5.97 Å². The van der Waals surface area contributed by atoms with Crippen LogP contribution in [0, 0.1) is 0 Å². The molecular weight excluding hydrogens is 170 g/mol. The van der Waals surface area contributed by atoms with E-state index in [1.165, 1.54) is 7.11 Å². The van der Waals surface area contributed by atoms with Crippen LogP contribution in [0.25, 0.3) is 0 Å². The smallest absolute Gasteiger partial charge is 0.333 e. The van der Waals surface area contributed by atoms with Crippen molar-refractivity contribution in [2.24, 2.45) is 0 Å². The van der Waals surface area contributed by atoms with Crippen LogP contribution in [0.3, 0.4) is 0 Å². The van der Waals surface area contributed by atoms with Crippen LogP contribution in [0.15, 0.2) is 11.6 Å². The Bertz CT molecular complexity index is 178. The van der Waals surface area contributed by atoms with Gasteiger partial charge in [-0.15, -0.1) is 0 Å². The normalized spacial score (nSPS) is 13.3. The predicted molar refractivity (Wildman–Crippen MR) is 52.1 cm³/mol. The van der Waals surface area contributed by atoms with Crippen LogP contribution in [0.2, 0.25) is 0 Å². The molecule has 0 radical (unpaired) electrons. The SMILES string of the molecule is CCCC=C(C(=O)O)C(C)OC.N. The highest BCUT2D eigenvalue weighted by molar-refractivity contribution is 5.87. The van der Waals surface area contributed by atoms with E-state index in [-0.39, 0.29) is 12.3 Å². The summed E-state index contributed by atoms with van der Waals surface area (Å²) in [5.74, 6) is -0.891. The first-order valence-electron chi connectivity index (χ1n) is 4.09. The van der Waals surface area contributed by atoms with E-state index in [9.17, 15) is 4.79 Å². The number of hydrogen-bond acceptors (Lipinski definition) is 3. The molecule has 0 saturated heterocycles. The van der Waals surface area contributed by atoms with E-state index in [2.05, 4.69) is 0 Å². The molecule has 0 rings (SSSR count). The molecule has 0 aliphatic heterocycles. The lowest BCUT2D eigenvalue weighted by Gasteiger charge is -2.09. The van der Waals surface area contributed by atoms with Crippen molar-refractivity contribution in [3.63, 3.8) is 0 Å². The lowest BCUT2D eigenvalue weighted by molar-refractivity contribution is -0.133. The van der Waals surface area contributed by atoms with Gasteiger partial charge in [0.1, 0.15) is 0 Å². The van der Waals surface area contributed by atoms with E-state index >= 15 is 0 Å². The largest absolute Gasteiger partial charge is 0.478 e. The molecule has 0 amide bonds. The zero-order chi connectivity index (χ0) is 9.56. The number of ether oxygens (including phenoxy) is 1. The number of methoxy groups -OCH3 is 1. The molecule has 78 valence electrons. The zero-order valence-corrected chi connectivity index (χ0v) is 8.54. The minimum absolute atomic E-state index is 0. The second-order valence-electron chi connectivity index (χ2n) is 2.63. The molecule has 1 unspecified atom stereocenters. The predicted octanol–water partition coefficient (Wildman–Crippen LogP) is 1.99. The third kappa shape index (κ3) is 5.38. The number of carboxylic acid groups (broad SMARTS) is 1. The summed E-state index contributed by atoms with van der Waals surface area (Å²) in [6, 6.07) is 0. The Labute approximate surface area is 79.2 Å². The summed E-state index contributed by atoms with van der Waals surface area (Å²) in [5, 5.41) is 8.75. The molecule has 0 aromatic carbocycles. The highest BCUT2D eigenvalue weighted by Gasteiger charge is 2.14. The Morgan fingerprint density at radius 3 is 2.46 bits per heavy atom. The quantitative estimate of drug-likeness (QED) is 0.648. The minimum Gasteiger partial charge on any atom is -0.478 e. The summed E-state index contributed by atoms with van der Waals surface area (Å²) in [5.41, 5.74) is 0.347. The van der Waals surface area contributed by atoms with Crippen molar-refractivity contribution in [1.82, 2.24) is 6.15 Å². The van der Waals surface area contributed by atoms with Gasteiger partial charge >= 0.3 is 5.97 Å². The third-order valence-corrected chi connectivity index (χ3v) is 1.69. The maximum absolute atomic E-state index is 10.7. The second-order valence-corrected chi connectivity index (χ2v) is 2.63. The maximum Gasteiger partial charge on any atom is 0.333 e. The molecule has 0 spiro atoms. The molecular formula is C9H19NO3. The molecule has 0 fully saturated rings. The molecule has 0 aromatic rings. The molecule has 0 bridgehead atoms. The Hall–Kier alpha value is -0.870. The van der Waals surface area contributed by atoms with Crippen molar-refractivity contribution in [3.05, 3.63) is 11.6 Å². The Balaban J connectivity index is 0. The number of unbranched alkanes of at least 4 members (excludes halogenated alkanes) is 1. The zero-order valence-electron chi connectivity index (χ0n) is 8.54. The van der Waals surface area contributed by atoms with Gasteiger partial charge in [-0.2, -0.15) is 0 Å². The topological polar surface area (TPSA) is 81.5 Å². The van der Waals surface area contributed by atoms with Crippen LogP contribution < -0.4 is 6.15 Å². The summed E-state index contributed by atoms with van der Waals surface area (Å²) in [6.45, 7) is 3.74. The fourth-order valence-corrected chi connectivity index (χ4v) is 0.854. The lowest BCUT2D eigenvalue weighted by Crippen LogP contribution is -2.16. The van der Waals surface area contributed by atoms with Gasteiger partial charge in [-0.25, -0.2) is 4.79 Å². The fraction of sp³-hybridized carbons (Fsp3) is 0.667. The first kappa shape index (κ1) is 14.6. The highest BCUT2D eigenvalue weighted by atomic mass is 16.5. The van der Waals surface area contributed by atoms with Crippen molar-refractivity contribution < 1.29 is 14.6 Å². The van der Waals surface area contributed by atoms with Gasteiger partial charge in [0.25, 0.3) is 0 Å². The molecule has 0 aliphatic rings. The molecule has 13 heavy (non-hydrogen) atoms. The highest BCUT2D eigenvalue weighted by Crippen LogP contribution is 2.07. The van der Waals surface area contributed by atoms with Gasteiger partial charge in [-0.3, -0.25) is 0 Å². The van der Waals surface area contributed by atoms with Gasteiger partial charge in [-0.1, -0.05) is 19.4 Å². The van der Waals surface area contributed by atoms with Gasteiger partial charge in [0.05, 0.1) is 11.7 Å². The van der Waals surface area contributed by atoms with Gasteiger partial charge < -0.3 is 16.0 Å². The number of aliphatic carboxylic acids is 1. The van der Waals surface area contributed by atoms with Gasteiger partial charge in [0, 0.05) is 7.11 Å². The van der Waals surface area contributed by atoms with Crippen LogP contribution in [0.5, 0.6) is 0 Å². The van der Waals surface area contributed by atoms with Gasteiger partial charge in [0.15, 0.2) is 0 Å². The van der Waals surface area contributed by atoms with Crippen LogP contribution >= 0.6 is 0 Å². The standard InChI is InChI=1S/C9H16O3.H3N/c1-4-5-6-8(9(10)11)7(2)12-3;/h6-7H,4-5H2,1-3H3,(H,10,11);1H3. The van der Waals surface area contributed by atoms with Crippen LogP contribution in [-0.4, -0.2) is 24.3 Å². The van der Waals surface area contributed by atoms with Gasteiger partial charge in [0.2, 0.25) is 0 Å². The Morgan fingerprint density at radius 1 is 1.62 bits per heavy atom. The number of carbonyl (C=O) groups is 1. The van der Waals surface area contributed by atoms with Crippen molar-refractivity contribution in [2.75, 3.05) is 7.11 Å². The molecule has 0 saturated carbocycles. The molecule has 4 nitrogen and oxygen atoms in total. The van der Waals surface area contributed by atoms with E-state index in [4.69, 9.17) is 9.84 Å². The third-order valence-electron chi connectivity index (χ3n) is 1.69. The molecule has 0 aromatic heterocycles. The Morgan fingerprint density at radius 2 is 2.15 bits per heavy atom. The number of allylic oxidation sites excluding steroid dienone is 1. The Kier molecular flexibility index (Phi) is 8.74. The average molecular weight is 189 g/mol. The fourth-order valence-electron chi connectivity index (χ4n) is 0.854. The first-order valence-corrected chi connectivity index (χ1v) is 4.09. The second kappa shape index (κ2) is 7.76. The molecule has 0 heterocycles. The van der Waals surface area contributed by atoms with Crippen LogP contribution in [-0.2, 0) is 9.53 Å². The van der Waals surface area contributed by atoms with E-state index in [1.54, 1.807) is 13.0 Å². The summed E-state index contributed by atoms with van der Waals surface area (Å²) in [4.78, 5) is 10.7. The summed E-state index contributed by atoms with van der Waals surface area (Å²) in [6.07, 6.45) is 3.13. The summed E-state index contributed by atoms with van der Waals surface area (Å²) >= 11 is 0. The van der Waals surface area contributed by atoms with E-state index in [1.807, 2.05) is 6.92 Å². The first-order chi connectivity index (χ1) is 5.63. The van der Waals surface area contributed by atoms with Crippen molar-refractivity contribution in [1.29, 1.82) is 0 Å². The average Bonchev–Trinajstić information content (AvgIpc) is 2.04. The lowest BCUT2D eigenvalue weighted by atomic mass is 10.1. The summed E-state index contributed by atoms with van der Waals surface area (Å²) < 4.78 is 4.92. The van der Waals surface area contributed by atoms with E-state index in [0.29, 0.717) is 5.57 Å². The number of carboxylic acids is 1.